The van der Waals surface area contributed by atoms with Crippen molar-refractivity contribution >= 4 is 0 Å². The molecule has 1 fully saturated rings. The molecule has 0 radical (unpaired) electrons. The number of benzene rings is 1. The molecule has 1 aromatic rings. The summed E-state index contributed by atoms with van der Waals surface area (Å²) < 4.78 is 11.1. The number of methoxy groups -OCH3 is 1. The number of hydrogen-bond acceptors (Lipinski definition) is 4. The smallest absolute Gasteiger partial charge is 0.161 e. The molecule has 4 nitrogen and oxygen atoms in total. The predicted octanol–water partition coefficient (Wildman–Crippen LogP) is 2.17. The molecule has 2 atom stereocenters. The van der Waals surface area contributed by atoms with E-state index in [1.54, 1.807) is 7.11 Å². The average Bonchev–Trinajstić information content (AvgIpc) is 2.49. The Kier molecular flexibility index (Phi) is 5.68. The lowest BCUT2D eigenvalue weighted by molar-refractivity contribution is 0.0208. The lowest BCUT2D eigenvalue weighted by atomic mass is 9.92. The number of likely N-dealkylation sites (tertiary alicyclic amines) is 1. The van der Waals surface area contributed by atoms with Crippen LogP contribution in [0, 0.1) is 5.92 Å². The number of nitrogens with zero attached hydrogens (tertiary/aromatic N) is 1. The first kappa shape index (κ1) is 15.1. The molecule has 0 saturated carbocycles. The molecule has 0 amide bonds. The molecule has 1 aromatic carbocycles. The number of rotatable bonds is 6. The van der Waals surface area contributed by atoms with E-state index < -0.39 is 0 Å². The standard InChI is InChI=1S/C16H25NO3/c1-3-13-12-17(9-8-14(13)18)10-11-20-16-7-5-4-6-15(16)19-2/h4-7,13-14,18H,3,8-12H2,1-2H3. The Balaban J connectivity index is 1.78. The highest BCUT2D eigenvalue weighted by atomic mass is 16.5. The van der Waals surface area contributed by atoms with E-state index in [4.69, 9.17) is 9.47 Å². The minimum atomic E-state index is -0.133. The van der Waals surface area contributed by atoms with Crippen molar-refractivity contribution in [3.05, 3.63) is 24.3 Å². The van der Waals surface area contributed by atoms with Crippen molar-refractivity contribution in [1.82, 2.24) is 4.90 Å². The second kappa shape index (κ2) is 7.50. The molecule has 2 unspecified atom stereocenters. The maximum Gasteiger partial charge on any atom is 0.161 e. The minimum absolute atomic E-state index is 0.133. The second-order valence-electron chi connectivity index (χ2n) is 5.32. The number of piperidine rings is 1. The third kappa shape index (κ3) is 3.87. The number of hydrogen-bond donors (Lipinski definition) is 1. The molecule has 112 valence electrons. The molecule has 1 saturated heterocycles. The number of aliphatic hydroxyl groups excluding tert-OH is 1. The van der Waals surface area contributed by atoms with Crippen molar-refractivity contribution < 1.29 is 14.6 Å². The summed E-state index contributed by atoms with van der Waals surface area (Å²) in [6.07, 6.45) is 1.77. The fourth-order valence-corrected chi connectivity index (χ4v) is 2.72. The van der Waals surface area contributed by atoms with Crippen LogP contribution < -0.4 is 9.47 Å². The van der Waals surface area contributed by atoms with Gasteiger partial charge in [0.2, 0.25) is 0 Å². The van der Waals surface area contributed by atoms with Crippen LogP contribution >= 0.6 is 0 Å². The topological polar surface area (TPSA) is 41.9 Å². The van der Waals surface area contributed by atoms with Gasteiger partial charge in [-0.05, 0) is 30.9 Å². The Morgan fingerprint density at radius 2 is 2.05 bits per heavy atom. The van der Waals surface area contributed by atoms with E-state index in [1.807, 2.05) is 24.3 Å². The van der Waals surface area contributed by atoms with Gasteiger partial charge in [-0.15, -0.1) is 0 Å². The summed E-state index contributed by atoms with van der Waals surface area (Å²) in [5.74, 6) is 1.96. The fraction of sp³-hybridized carbons (Fsp3) is 0.625. The summed E-state index contributed by atoms with van der Waals surface area (Å²) in [6, 6.07) is 7.71. The van der Waals surface area contributed by atoms with Crippen LogP contribution in [-0.2, 0) is 0 Å². The van der Waals surface area contributed by atoms with E-state index in [0.717, 1.165) is 44.0 Å². The fourth-order valence-electron chi connectivity index (χ4n) is 2.72. The highest BCUT2D eigenvalue weighted by Gasteiger charge is 2.25. The SMILES string of the molecule is CCC1CN(CCOc2ccccc2OC)CCC1O. The summed E-state index contributed by atoms with van der Waals surface area (Å²) in [7, 11) is 1.65. The largest absolute Gasteiger partial charge is 0.493 e. The molecule has 0 aromatic heterocycles. The van der Waals surface area contributed by atoms with E-state index in [0.29, 0.717) is 12.5 Å². The first-order chi connectivity index (χ1) is 9.74. The van der Waals surface area contributed by atoms with Gasteiger partial charge in [0, 0.05) is 19.6 Å². The zero-order valence-corrected chi connectivity index (χ0v) is 12.4. The van der Waals surface area contributed by atoms with Gasteiger partial charge in [-0.3, -0.25) is 4.90 Å². The van der Waals surface area contributed by atoms with Gasteiger partial charge in [-0.25, -0.2) is 0 Å². The Labute approximate surface area is 121 Å². The zero-order chi connectivity index (χ0) is 14.4. The summed E-state index contributed by atoms with van der Waals surface area (Å²) in [5.41, 5.74) is 0. The van der Waals surface area contributed by atoms with Crippen LogP contribution in [0.1, 0.15) is 19.8 Å². The van der Waals surface area contributed by atoms with E-state index in [2.05, 4.69) is 11.8 Å². The third-order valence-electron chi connectivity index (χ3n) is 4.04. The third-order valence-corrected chi connectivity index (χ3v) is 4.04. The van der Waals surface area contributed by atoms with E-state index in [-0.39, 0.29) is 6.10 Å². The van der Waals surface area contributed by atoms with Gasteiger partial charge < -0.3 is 14.6 Å². The molecule has 0 aliphatic carbocycles. The molecule has 0 spiro atoms. The molecular formula is C16H25NO3. The normalized spacial score (nSPS) is 23.6. The predicted molar refractivity (Wildman–Crippen MR) is 79.3 cm³/mol. The highest BCUT2D eigenvalue weighted by Crippen LogP contribution is 2.26. The molecule has 1 heterocycles. The maximum absolute atomic E-state index is 9.88. The highest BCUT2D eigenvalue weighted by molar-refractivity contribution is 5.39. The molecule has 0 bridgehead atoms. The monoisotopic (exact) mass is 279 g/mol. The van der Waals surface area contributed by atoms with E-state index in [9.17, 15) is 5.11 Å². The molecule has 20 heavy (non-hydrogen) atoms. The van der Waals surface area contributed by atoms with Gasteiger partial charge in [-0.2, -0.15) is 0 Å². The number of para-hydroxylation sites is 2. The summed E-state index contributed by atoms with van der Waals surface area (Å²) in [5, 5.41) is 9.88. The van der Waals surface area contributed by atoms with Crippen molar-refractivity contribution in [2.24, 2.45) is 5.92 Å². The van der Waals surface area contributed by atoms with Crippen molar-refractivity contribution in [3.63, 3.8) is 0 Å². The Bertz CT molecular complexity index is 410. The Hall–Kier alpha value is -1.26. The van der Waals surface area contributed by atoms with Gasteiger partial charge in [-0.1, -0.05) is 19.1 Å². The van der Waals surface area contributed by atoms with Gasteiger partial charge >= 0.3 is 0 Å². The summed E-state index contributed by atoms with van der Waals surface area (Å²) in [6.45, 7) is 5.59. The maximum atomic E-state index is 9.88. The van der Waals surface area contributed by atoms with Gasteiger partial charge in [0.15, 0.2) is 11.5 Å². The van der Waals surface area contributed by atoms with Crippen LogP contribution in [0.2, 0.25) is 0 Å². The first-order valence-electron chi connectivity index (χ1n) is 7.40. The Morgan fingerprint density at radius 1 is 1.30 bits per heavy atom. The number of aliphatic hydroxyl groups is 1. The van der Waals surface area contributed by atoms with Gasteiger partial charge in [0.1, 0.15) is 6.61 Å². The molecule has 1 aliphatic heterocycles. The lowest BCUT2D eigenvalue weighted by Crippen LogP contribution is -2.44. The zero-order valence-electron chi connectivity index (χ0n) is 12.4. The molecule has 2 rings (SSSR count). The van der Waals surface area contributed by atoms with Crippen LogP contribution in [-0.4, -0.2) is 49.5 Å². The summed E-state index contributed by atoms with van der Waals surface area (Å²) in [4.78, 5) is 2.37. The molecule has 4 heteroatoms. The van der Waals surface area contributed by atoms with Crippen LogP contribution in [0.4, 0.5) is 0 Å². The van der Waals surface area contributed by atoms with Crippen LogP contribution in [0.25, 0.3) is 0 Å². The van der Waals surface area contributed by atoms with Gasteiger partial charge in [0.25, 0.3) is 0 Å². The summed E-state index contributed by atoms with van der Waals surface area (Å²) >= 11 is 0. The average molecular weight is 279 g/mol. The Morgan fingerprint density at radius 3 is 2.75 bits per heavy atom. The van der Waals surface area contributed by atoms with Crippen molar-refractivity contribution in [2.45, 2.75) is 25.9 Å². The van der Waals surface area contributed by atoms with Crippen LogP contribution in [0.15, 0.2) is 24.3 Å². The van der Waals surface area contributed by atoms with E-state index >= 15 is 0 Å². The van der Waals surface area contributed by atoms with Crippen LogP contribution in [0.3, 0.4) is 0 Å². The molecule has 1 aliphatic rings. The quantitative estimate of drug-likeness (QED) is 0.866. The van der Waals surface area contributed by atoms with E-state index in [1.165, 1.54) is 0 Å². The number of ether oxygens (including phenoxy) is 2. The minimum Gasteiger partial charge on any atom is -0.493 e. The molecular weight excluding hydrogens is 254 g/mol. The lowest BCUT2D eigenvalue weighted by Gasteiger charge is -2.35. The van der Waals surface area contributed by atoms with Crippen molar-refractivity contribution in [2.75, 3.05) is 33.4 Å². The van der Waals surface area contributed by atoms with Crippen LogP contribution in [0.5, 0.6) is 11.5 Å². The van der Waals surface area contributed by atoms with Crippen molar-refractivity contribution in [3.8, 4) is 11.5 Å². The van der Waals surface area contributed by atoms with Crippen molar-refractivity contribution in [1.29, 1.82) is 0 Å². The second-order valence-corrected chi connectivity index (χ2v) is 5.32. The molecule has 1 N–H and O–H groups in total. The van der Waals surface area contributed by atoms with Gasteiger partial charge in [0.05, 0.1) is 13.2 Å². The first-order valence-corrected chi connectivity index (χ1v) is 7.40.